The predicted octanol–water partition coefficient (Wildman–Crippen LogP) is 1.62. The average molecular weight is 215 g/mol. The summed E-state index contributed by atoms with van der Waals surface area (Å²) in [5, 5.41) is 9.20. The number of nitrogens with two attached hydrogens (primary N) is 1. The van der Waals surface area contributed by atoms with Crippen molar-refractivity contribution in [2.24, 2.45) is 5.73 Å². The van der Waals surface area contributed by atoms with Gasteiger partial charge in [-0.2, -0.15) is 0 Å². The highest BCUT2D eigenvalue weighted by Gasteiger charge is 2.04. The van der Waals surface area contributed by atoms with Gasteiger partial charge in [0.15, 0.2) is 5.82 Å². The molecule has 1 heterocycles. The Hall–Kier alpha value is -1.94. The molecule has 1 aromatic heterocycles. The largest absolute Gasteiger partial charge is 0.508 e. The van der Waals surface area contributed by atoms with Crippen LogP contribution in [0.2, 0.25) is 0 Å². The van der Waals surface area contributed by atoms with Crippen LogP contribution in [0.5, 0.6) is 5.75 Å². The molecule has 2 aromatic rings. The molecule has 0 spiro atoms. The van der Waals surface area contributed by atoms with E-state index < -0.39 is 0 Å². The van der Waals surface area contributed by atoms with E-state index in [1.54, 1.807) is 24.3 Å². The molecule has 2 rings (SSSR count). The van der Waals surface area contributed by atoms with Gasteiger partial charge in [-0.3, -0.25) is 0 Å². The minimum atomic E-state index is 0.232. The van der Waals surface area contributed by atoms with E-state index in [0.29, 0.717) is 12.4 Å². The van der Waals surface area contributed by atoms with E-state index in [1.165, 1.54) is 0 Å². The molecule has 1 aromatic carbocycles. The molecule has 0 bridgehead atoms. The molecule has 0 aliphatic carbocycles. The van der Waals surface area contributed by atoms with E-state index in [2.05, 4.69) is 9.97 Å². The van der Waals surface area contributed by atoms with Gasteiger partial charge in [0.2, 0.25) is 0 Å². The topological polar surface area (TPSA) is 72.0 Å². The second-order valence-electron chi connectivity index (χ2n) is 3.58. The lowest BCUT2D eigenvalue weighted by Gasteiger charge is -2.04. The van der Waals surface area contributed by atoms with Crippen molar-refractivity contribution in [3.05, 3.63) is 41.7 Å². The SMILES string of the molecule is Cc1cc(CN)nc(-c2ccc(O)cc2)n1. The van der Waals surface area contributed by atoms with E-state index in [-0.39, 0.29) is 5.75 Å². The van der Waals surface area contributed by atoms with E-state index in [9.17, 15) is 5.11 Å². The zero-order valence-corrected chi connectivity index (χ0v) is 9.01. The molecule has 0 atom stereocenters. The highest BCUT2D eigenvalue weighted by Crippen LogP contribution is 2.18. The van der Waals surface area contributed by atoms with Crippen molar-refractivity contribution in [1.29, 1.82) is 0 Å². The first-order valence-electron chi connectivity index (χ1n) is 5.03. The third kappa shape index (κ3) is 2.17. The van der Waals surface area contributed by atoms with Gasteiger partial charge in [-0.15, -0.1) is 0 Å². The maximum absolute atomic E-state index is 9.20. The van der Waals surface area contributed by atoms with Gasteiger partial charge in [0, 0.05) is 17.8 Å². The summed E-state index contributed by atoms with van der Waals surface area (Å²) in [5.41, 5.74) is 8.13. The van der Waals surface area contributed by atoms with Crippen LogP contribution in [-0.2, 0) is 6.54 Å². The fraction of sp³-hybridized carbons (Fsp3) is 0.167. The van der Waals surface area contributed by atoms with E-state index >= 15 is 0 Å². The number of phenolic OH excluding ortho intramolecular Hbond substituents is 1. The summed E-state index contributed by atoms with van der Waals surface area (Å²) >= 11 is 0. The Kier molecular flexibility index (Phi) is 2.83. The van der Waals surface area contributed by atoms with Crippen molar-refractivity contribution in [2.45, 2.75) is 13.5 Å². The Morgan fingerprint density at radius 1 is 1.19 bits per heavy atom. The molecule has 0 amide bonds. The number of aromatic nitrogens is 2. The monoisotopic (exact) mass is 215 g/mol. The summed E-state index contributed by atoms with van der Waals surface area (Å²) in [6, 6.07) is 8.66. The van der Waals surface area contributed by atoms with Crippen molar-refractivity contribution in [1.82, 2.24) is 9.97 Å². The first kappa shape index (κ1) is 10.6. The second kappa shape index (κ2) is 4.28. The normalized spacial score (nSPS) is 10.4. The summed E-state index contributed by atoms with van der Waals surface area (Å²) in [6.07, 6.45) is 0. The Bertz CT molecular complexity index is 494. The average Bonchev–Trinajstić information content (AvgIpc) is 2.29. The standard InChI is InChI=1S/C12H13N3O/c1-8-6-10(7-13)15-12(14-8)9-2-4-11(16)5-3-9/h2-6,16H,7,13H2,1H3. The Morgan fingerprint density at radius 2 is 1.88 bits per heavy atom. The molecule has 0 aliphatic heterocycles. The van der Waals surface area contributed by atoms with Crippen molar-refractivity contribution < 1.29 is 5.11 Å². The van der Waals surface area contributed by atoms with Gasteiger partial charge in [0.1, 0.15) is 5.75 Å². The van der Waals surface area contributed by atoms with Crippen LogP contribution in [0.4, 0.5) is 0 Å². The molecule has 16 heavy (non-hydrogen) atoms. The number of aryl methyl sites for hydroxylation is 1. The highest BCUT2D eigenvalue weighted by atomic mass is 16.3. The maximum Gasteiger partial charge on any atom is 0.159 e. The van der Waals surface area contributed by atoms with Crippen LogP contribution < -0.4 is 5.73 Å². The van der Waals surface area contributed by atoms with Gasteiger partial charge in [-0.25, -0.2) is 9.97 Å². The third-order valence-electron chi connectivity index (χ3n) is 2.24. The minimum absolute atomic E-state index is 0.232. The number of benzene rings is 1. The van der Waals surface area contributed by atoms with Crippen molar-refractivity contribution in [3.8, 4) is 17.1 Å². The predicted molar refractivity (Wildman–Crippen MR) is 61.8 cm³/mol. The number of rotatable bonds is 2. The third-order valence-corrected chi connectivity index (χ3v) is 2.24. The zero-order chi connectivity index (χ0) is 11.5. The fourth-order valence-electron chi connectivity index (χ4n) is 1.48. The molecule has 0 saturated carbocycles. The zero-order valence-electron chi connectivity index (χ0n) is 9.01. The smallest absolute Gasteiger partial charge is 0.159 e. The molecular weight excluding hydrogens is 202 g/mol. The maximum atomic E-state index is 9.20. The Balaban J connectivity index is 2.47. The van der Waals surface area contributed by atoms with Crippen LogP contribution in [-0.4, -0.2) is 15.1 Å². The lowest BCUT2D eigenvalue weighted by Crippen LogP contribution is -2.03. The second-order valence-corrected chi connectivity index (χ2v) is 3.58. The van der Waals surface area contributed by atoms with Gasteiger partial charge < -0.3 is 10.8 Å². The molecular formula is C12H13N3O. The highest BCUT2D eigenvalue weighted by molar-refractivity contribution is 5.56. The number of aromatic hydroxyl groups is 1. The molecule has 0 fully saturated rings. The van der Waals surface area contributed by atoms with Crippen LogP contribution >= 0.6 is 0 Å². The van der Waals surface area contributed by atoms with E-state index in [1.807, 2.05) is 13.0 Å². The summed E-state index contributed by atoms with van der Waals surface area (Å²) in [7, 11) is 0. The summed E-state index contributed by atoms with van der Waals surface area (Å²) in [4.78, 5) is 8.67. The summed E-state index contributed by atoms with van der Waals surface area (Å²) in [5.74, 6) is 0.871. The van der Waals surface area contributed by atoms with Crippen molar-refractivity contribution in [3.63, 3.8) is 0 Å². The van der Waals surface area contributed by atoms with Gasteiger partial charge in [0.25, 0.3) is 0 Å². The van der Waals surface area contributed by atoms with Crippen LogP contribution in [0.3, 0.4) is 0 Å². The van der Waals surface area contributed by atoms with Crippen LogP contribution in [0.1, 0.15) is 11.4 Å². The number of nitrogens with zero attached hydrogens (tertiary/aromatic N) is 2. The quantitative estimate of drug-likeness (QED) is 0.798. The van der Waals surface area contributed by atoms with Crippen molar-refractivity contribution in [2.75, 3.05) is 0 Å². The molecule has 0 radical (unpaired) electrons. The lowest BCUT2D eigenvalue weighted by atomic mass is 10.2. The Morgan fingerprint density at radius 3 is 2.50 bits per heavy atom. The first-order chi connectivity index (χ1) is 7.69. The van der Waals surface area contributed by atoms with Gasteiger partial charge in [0.05, 0.1) is 5.69 Å². The lowest BCUT2D eigenvalue weighted by molar-refractivity contribution is 0.475. The number of hydrogen-bond acceptors (Lipinski definition) is 4. The van der Waals surface area contributed by atoms with E-state index in [4.69, 9.17) is 5.73 Å². The van der Waals surface area contributed by atoms with Gasteiger partial charge >= 0.3 is 0 Å². The fourth-order valence-corrected chi connectivity index (χ4v) is 1.48. The van der Waals surface area contributed by atoms with Crippen LogP contribution in [0.25, 0.3) is 11.4 Å². The van der Waals surface area contributed by atoms with Gasteiger partial charge in [-0.1, -0.05) is 0 Å². The minimum Gasteiger partial charge on any atom is -0.508 e. The molecule has 0 unspecified atom stereocenters. The van der Waals surface area contributed by atoms with E-state index in [0.717, 1.165) is 17.0 Å². The van der Waals surface area contributed by atoms with Crippen molar-refractivity contribution >= 4 is 0 Å². The molecule has 4 nitrogen and oxygen atoms in total. The Labute approximate surface area is 93.8 Å². The summed E-state index contributed by atoms with van der Waals surface area (Å²) in [6.45, 7) is 2.30. The molecule has 0 aliphatic rings. The van der Waals surface area contributed by atoms with Gasteiger partial charge in [-0.05, 0) is 37.3 Å². The number of phenols is 1. The van der Waals surface area contributed by atoms with Crippen LogP contribution in [0.15, 0.2) is 30.3 Å². The number of hydrogen-bond donors (Lipinski definition) is 2. The molecule has 0 saturated heterocycles. The first-order valence-corrected chi connectivity index (χ1v) is 5.03. The molecule has 82 valence electrons. The van der Waals surface area contributed by atoms with Crippen LogP contribution in [0, 0.1) is 6.92 Å². The molecule has 3 N–H and O–H groups in total. The molecule has 4 heteroatoms. The summed E-state index contributed by atoms with van der Waals surface area (Å²) < 4.78 is 0.